The molecule has 0 saturated heterocycles. The summed E-state index contributed by atoms with van der Waals surface area (Å²) in [6.45, 7) is 1.47. The number of hydrogen-bond donors (Lipinski definition) is 1. The van der Waals surface area contributed by atoms with E-state index in [0.717, 1.165) is 16.8 Å². The predicted molar refractivity (Wildman–Crippen MR) is 114 cm³/mol. The SMILES string of the molecule is C[C@H](NC(=O)c1cc(-c2ccc(OC(F)(F)F)cc2)nn(-c2cnn(C)c2)c1=O)C(=O)N(C)C. The van der Waals surface area contributed by atoms with E-state index in [9.17, 15) is 27.6 Å². The first-order valence-corrected chi connectivity index (χ1v) is 9.87. The van der Waals surface area contributed by atoms with Gasteiger partial charge in [0.2, 0.25) is 5.91 Å². The molecule has 1 atom stereocenters. The van der Waals surface area contributed by atoms with Crippen molar-refractivity contribution >= 4 is 11.8 Å². The number of carbonyl (C=O) groups is 2. The Hall–Kier alpha value is -4.16. The molecule has 0 saturated carbocycles. The molecule has 2 heterocycles. The Morgan fingerprint density at radius 2 is 1.82 bits per heavy atom. The lowest BCUT2D eigenvalue weighted by atomic mass is 10.1. The number of aryl methyl sites for hydroxylation is 1. The average Bonchev–Trinajstić information content (AvgIpc) is 3.18. The van der Waals surface area contributed by atoms with Crippen molar-refractivity contribution in [3.63, 3.8) is 0 Å². The van der Waals surface area contributed by atoms with Crippen LogP contribution in [0.2, 0.25) is 0 Å². The molecule has 2 amide bonds. The zero-order valence-corrected chi connectivity index (χ0v) is 18.6. The van der Waals surface area contributed by atoms with Crippen LogP contribution in [0.25, 0.3) is 16.9 Å². The zero-order chi connectivity index (χ0) is 25.2. The molecule has 3 aromatic rings. The third-order valence-corrected chi connectivity index (χ3v) is 4.63. The molecule has 0 fully saturated rings. The molecule has 0 aliphatic carbocycles. The highest BCUT2D eigenvalue weighted by molar-refractivity contribution is 5.97. The van der Waals surface area contributed by atoms with Gasteiger partial charge in [-0.05, 0) is 37.3 Å². The lowest BCUT2D eigenvalue weighted by Gasteiger charge is -2.18. The summed E-state index contributed by atoms with van der Waals surface area (Å²) in [5.74, 6) is -1.63. The second-order valence-corrected chi connectivity index (χ2v) is 7.53. The molecular weight excluding hydrogens is 457 g/mol. The highest BCUT2D eigenvalue weighted by Crippen LogP contribution is 2.26. The summed E-state index contributed by atoms with van der Waals surface area (Å²) in [6.07, 6.45) is -1.99. The number of aromatic nitrogens is 4. The Morgan fingerprint density at radius 1 is 1.18 bits per heavy atom. The van der Waals surface area contributed by atoms with Gasteiger partial charge in [0.25, 0.3) is 11.5 Å². The molecule has 10 nitrogen and oxygen atoms in total. The van der Waals surface area contributed by atoms with Crippen molar-refractivity contribution in [2.75, 3.05) is 14.1 Å². The van der Waals surface area contributed by atoms with Gasteiger partial charge in [0.1, 0.15) is 23.0 Å². The van der Waals surface area contributed by atoms with Gasteiger partial charge in [0, 0.05) is 26.7 Å². The molecule has 180 valence electrons. The van der Waals surface area contributed by atoms with Crippen molar-refractivity contribution in [1.29, 1.82) is 0 Å². The largest absolute Gasteiger partial charge is 0.573 e. The fourth-order valence-electron chi connectivity index (χ4n) is 3.04. The van der Waals surface area contributed by atoms with Crippen LogP contribution in [0.4, 0.5) is 13.2 Å². The minimum Gasteiger partial charge on any atom is -0.406 e. The van der Waals surface area contributed by atoms with Crippen molar-refractivity contribution in [2.24, 2.45) is 7.05 Å². The number of nitrogens with zero attached hydrogens (tertiary/aromatic N) is 5. The van der Waals surface area contributed by atoms with E-state index in [2.05, 4.69) is 20.3 Å². The summed E-state index contributed by atoms with van der Waals surface area (Å²) >= 11 is 0. The topological polar surface area (TPSA) is 111 Å². The van der Waals surface area contributed by atoms with Crippen LogP contribution in [0.3, 0.4) is 0 Å². The van der Waals surface area contributed by atoms with E-state index in [1.807, 2.05) is 0 Å². The number of hydrogen-bond acceptors (Lipinski definition) is 6. The molecule has 0 bridgehead atoms. The third kappa shape index (κ3) is 5.60. The van der Waals surface area contributed by atoms with Crippen LogP contribution in [-0.2, 0) is 11.8 Å². The average molecular weight is 478 g/mol. The Balaban J connectivity index is 2.06. The van der Waals surface area contributed by atoms with Crippen molar-refractivity contribution in [1.82, 2.24) is 29.8 Å². The molecule has 0 radical (unpaired) electrons. The monoisotopic (exact) mass is 478 g/mol. The van der Waals surface area contributed by atoms with Gasteiger partial charge in [-0.25, -0.2) is 0 Å². The molecule has 2 aromatic heterocycles. The number of benzene rings is 1. The Kier molecular flexibility index (Phi) is 6.75. The smallest absolute Gasteiger partial charge is 0.406 e. The number of likely N-dealkylation sites (N-methyl/N-ethyl adjacent to an activating group) is 1. The van der Waals surface area contributed by atoms with Crippen molar-refractivity contribution < 1.29 is 27.5 Å². The fraction of sp³-hybridized carbons (Fsp3) is 0.286. The van der Waals surface area contributed by atoms with Gasteiger partial charge in [-0.15, -0.1) is 13.2 Å². The van der Waals surface area contributed by atoms with Gasteiger partial charge in [-0.2, -0.15) is 14.9 Å². The summed E-state index contributed by atoms with van der Waals surface area (Å²) in [6, 6.07) is 5.08. The van der Waals surface area contributed by atoms with Crippen molar-refractivity contribution in [3.05, 3.63) is 58.6 Å². The van der Waals surface area contributed by atoms with E-state index in [4.69, 9.17) is 0 Å². The zero-order valence-electron chi connectivity index (χ0n) is 18.6. The number of ether oxygens (including phenoxy) is 1. The van der Waals surface area contributed by atoms with E-state index < -0.39 is 29.6 Å². The summed E-state index contributed by atoms with van der Waals surface area (Å²) in [5.41, 5.74) is -0.381. The number of alkyl halides is 3. The summed E-state index contributed by atoms with van der Waals surface area (Å²) in [4.78, 5) is 39.4. The lowest BCUT2D eigenvalue weighted by Crippen LogP contribution is -2.45. The van der Waals surface area contributed by atoms with E-state index in [1.54, 1.807) is 7.05 Å². The minimum atomic E-state index is -4.85. The quantitative estimate of drug-likeness (QED) is 0.578. The second-order valence-electron chi connectivity index (χ2n) is 7.53. The Labute approximate surface area is 191 Å². The molecule has 1 N–H and O–H groups in total. The second kappa shape index (κ2) is 9.37. The fourth-order valence-corrected chi connectivity index (χ4v) is 3.04. The normalized spacial score (nSPS) is 12.2. The van der Waals surface area contributed by atoms with Crippen LogP contribution in [-0.4, -0.2) is 62.8 Å². The number of carbonyl (C=O) groups excluding carboxylic acids is 2. The van der Waals surface area contributed by atoms with Crippen molar-refractivity contribution in [3.8, 4) is 22.7 Å². The number of nitrogens with one attached hydrogen (secondary N) is 1. The summed E-state index contributed by atoms with van der Waals surface area (Å²) < 4.78 is 43.6. The molecule has 34 heavy (non-hydrogen) atoms. The van der Waals surface area contributed by atoms with Crippen LogP contribution >= 0.6 is 0 Å². The van der Waals surface area contributed by atoms with E-state index in [1.165, 1.54) is 61.2 Å². The maximum Gasteiger partial charge on any atom is 0.573 e. The molecule has 0 spiro atoms. The molecule has 0 aliphatic rings. The highest BCUT2D eigenvalue weighted by atomic mass is 19.4. The van der Waals surface area contributed by atoms with E-state index in [0.29, 0.717) is 5.56 Å². The molecule has 0 aliphatic heterocycles. The van der Waals surface area contributed by atoms with Gasteiger partial charge in [-0.1, -0.05) is 0 Å². The number of halogens is 3. The first-order valence-electron chi connectivity index (χ1n) is 9.87. The van der Waals surface area contributed by atoms with Gasteiger partial charge in [-0.3, -0.25) is 19.1 Å². The Bertz CT molecular complexity index is 1260. The van der Waals surface area contributed by atoms with Gasteiger partial charge < -0.3 is 15.0 Å². The van der Waals surface area contributed by atoms with E-state index in [-0.39, 0.29) is 22.9 Å². The standard InChI is InChI=1S/C21H21F3N6O4/c1-12(19(32)28(2)3)26-18(31)16-9-17(13-5-7-15(8-6-13)34-21(22,23)24)27-30(20(16)33)14-10-25-29(4)11-14/h5-12H,1-4H3,(H,26,31)/t12-/m0/s1. The predicted octanol–water partition coefficient (Wildman–Crippen LogP) is 1.74. The number of rotatable bonds is 6. The van der Waals surface area contributed by atoms with Crippen LogP contribution in [0, 0.1) is 0 Å². The molecule has 1 aromatic carbocycles. The number of amides is 2. The van der Waals surface area contributed by atoms with E-state index >= 15 is 0 Å². The molecule has 3 rings (SSSR count). The summed E-state index contributed by atoms with van der Waals surface area (Å²) in [5, 5.41) is 10.7. The summed E-state index contributed by atoms with van der Waals surface area (Å²) in [7, 11) is 4.67. The van der Waals surface area contributed by atoms with Crippen LogP contribution in [0.15, 0.2) is 47.5 Å². The maximum absolute atomic E-state index is 13.1. The maximum atomic E-state index is 13.1. The lowest BCUT2D eigenvalue weighted by molar-refractivity contribution is -0.274. The third-order valence-electron chi connectivity index (χ3n) is 4.63. The van der Waals surface area contributed by atoms with Crippen molar-refractivity contribution in [2.45, 2.75) is 19.3 Å². The minimum absolute atomic E-state index is 0.124. The molecular formula is C21H21F3N6O4. The first kappa shape index (κ1) is 24.5. The molecule has 0 unspecified atom stereocenters. The first-order chi connectivity index (χ1) is 15.9. The van der Waals surface area contributed by atoms with Gasteiger partial charge >= 0.3 is 6.36 Å². The van der Waals surface area contributed by atoms with Crippen LogP contribution < -0.4 is 15.6 Å². The molecule has 13 heteroatoms. The van der Waals surface area contributed by atoms with Crippen LogP contribution in [0.5, 0.6) is 5.75 Å². The van der Waals surface area contributed by atoms with Gasteiger partial charge in [0.05, 0.1) is 18.1 Å². The van der Waals surface area contributed by atoms with Gasteiger partial charge in [0.15, 0.2) is 0 Å². The highest BCUT2D eigenvalue weighted by Gasteiger charge is 2.31. The Morgan fingerprint density at radius 3 is 2.35 bits per heavy atom. The van der Waals surface area contributed by atoms with Crippen LogP contribution in [0.1, 0.15) is 17.3 Å².